The fourth-order valence-corrected chi connectivity index (χ4v) is 2.44. The maximum atomic E-state index is 5.25. The van der Waals surface area contributed by atoms with Crippen LogP contribution in [0.2, 0.25) is 0 Å². The molecule has 1 nitrogen and oxygen atoms in total. The lowest BCUT2D eigenvalue weighted by atomic mass is 9.60. The van der Waals surface area contributed by atoms with Gasteiger partial charge in [0.2, 0.25) is 0 Å². The molecule has 0 heterocycles. The van der Waals surface area contributed by atoms with E-state index >= 15 is 0 Å². The molecule has 2 aliphatic carbocycles. The van der Waals surface area contributed by atoms with Gasteiger partial charge in [-0.05, 0) is 55.7 Å². The summed E-state index contributed by atoms with van der Waals surface area (Å²) in [5.74, 6) is 5.02. The minimum Gasteiger partial charge on any atom is -0.378 e. The molecule has 3 rings (SSSR count). The van der Waals surface area contributed by atoms with Crippen LogP contribution in [0.3, 0.4) is 0 Å². The van der Waals surface area contributed by atoms with Crippen molar-refractivity contribution in [2.45, 2.75) is 25.7 Å². The van der Waals surface area contributed by atoms with Gasteiger partial charge in [-0.1, -0.05) is 12.0 Å². The zero-order chi connectivity index (χ0) is 12.3. The first kappa shape index (κ1) is 12.0. The first-order chi connectivity index (χ1) is 8.20. The van der Waals surface area contributed by atoms with Gasteiger partial charge in [-0.25, -0.2) is 0 Å². The summed E-state index contributed by atoms with van der Waals surface area (Å²) in [6.45, 7) is 0. The molecule has 2 fully saturated rings. The van der Waals surface area contributed by atoms with Gasteiger partial charge in [0, 0.05) is 25.3 Å². The van der Waals surface area contributed by atoms with Crippen molar-refractivity contribution >= 4 is 5.69 Å². The SMILES string of the molecule is C#Cc1cccc(N(C)C)c1.C1CC2CCC12. The van der Waals surface area contributed by atoms with Gasteiger partial charge in [-0.2, -0.15) is 0 Å². The van der Waals surface area contributed by atoms with Gasteiger partial charge in [-0.15, -0.1) is 6.42 Å². The van der Waals surface area contributed by atoms with E-state index in [0.717, 1.165) is 11.3 Å². The van der Waals surface area contributed by atoms with Crippen molar-refractivity contribution < 1.29 is 0 Å². The Hall–Kier alpha value is -1.42. The van der Waals surface area contributed by atoms with Gasteiger partial charge >= 0.3 is 0 Å². The normalized spacial score (nSPS) is 24.1. The van der Waals surface area contributed by atoms with Crippen LogP contribution in [0.1, 0.15) is 31.2 Å². The monoisotopic (exact) mass is 227 g/mol. The second-order valence-corrected chi connectivity index (χ2v) is 5.26. The molecule has 1 aromatic carbocycles. The first-order valence-electron chi connectivity index (χ1n) is 6.44. The van der Waals surface area contributed by atoms with Crippen LogP contribution < -0.4 is 4.90 Å². The Labute approximate surface area is 105 Å². The maximum Gasteiger partial charge on any atom is 0.0373 e. The summed E-state index contributed by atoms with van der Waals surface area (Å²) in [5, 5.41) is 0. The third kappa shape index (κ3) is 2.82. The Morgan fingerprint density at radius 3 is 2.06 bits per heavy atom. The lowest BCUT2D eigenvalue weighted by molar-refractivity contribution is 0.0548. The van der Waals surface area contributed by atoms with E-state index in [1.807, 2.05) is 43.3 Å². The van der Waals surface area contributed by atoms with E-state index in [0.29, 0.717) is 0 Å². The number of rotatable bonds is 1. The Bertz CT molecular complexity index is 396. The summed E-state index contributed by atoms with van der Waals surface area (Å²) in [5.41, 5.74) is 2.07. The molecule has 1 aromatic rings. The lowest BCUT2D eigenvalue weighted by Crippen LogP contribution is -2.34. The number of anilines is 1. The Morgan fingerprint density at radius 2 is 1.71 bits per heavy atom. The lowest BCUT2D eigenvalue weighted by Gasteiger charge is -2.46. The topological polar surface area (TPSA) is 3.24 Å². The highest BCUT2D eigenvalue weighted by Crippen LogP contribution is 2.49. The smallest absolute Gasteiger partial charge is 0.0373 e. The highest BCUT2D eigenvalue weighted by atomic mass is 15.1. The molecule has 0 saturated heterocycles. The molecule has 0 bridgehead atoms. The average molecular weight is 227 g/mol. The van der Waals surface area contributed by atoms with Gasteiger partial charge in [0.05, 0.1) is 0 Å². The number of hydrogen-bond acceptors (Lipinski definition) is 1. The van der Waals surface area contributed by atoms with Crippen LogP contribution in [0.25, 0.3) is 0 Å². The van der Waals surface area contributed by atoms with E-state index in [1.54, 1.807) is 25.7 Å². The number of nitrogens with zero attached hydrogens (tertiary/aromatic N) is 1. The van der Waals surface area contributed by atoms with Crippen LogP contribution in [0.5, 0.6) is 0 Å². The van der Waals surface area contributed by atoms with Gasteiger partial charge in [0.25, 0.3) is 0 Å². The number of fused-ring (bicyclic) bond motifs is 1. The van der Waals surface area contributed by atoms with Gasteiger partial charge in [-0.3, -0.25) is 0 Å². The third-order valence-corrected chi connectivity index (χ3v) is 4.01. The van der Waals surface area contributed by atoms with Gasteiger partial charge in [0.15, 0.2) is 0 Å². The Morgan fingerprint density at radius 1 is 1.12 bits per heavy atom. The second kappa shape index (κ2) is 5.27. The van der Waals surface area contributed by atoms with E-state index in [4.69, 9.17) is 6.42 Å². The zero-order valence-electron chi connectivity index (χ0n) is 10.8. The van der Waals surface area contributed by atoms with Crippen LogP contribution in [0.4, 0.5) is 5.69 Å². The Balaban J connectivity index is 0.000000148. The summed E-state index contributed by atoms with van der Waals surface area (Å²) in [7, 11) is 3.99. The van der Waals surface area contributed by atoms with E-state index in [9.17, 15) is 0 Å². The quantitative estimate of drug-likeness (QED) is 0.663. The zero-order valence-corrected chi connectivity index (χ0v) is 10.8. The standard InChI is InChI=1S/C10H11N.C6H10/c1-4-9-6-5-7-10(8-9)11(2)3;1-2-6-4-3-5(1)6/h1,5-8H,2-3H3;5-6H,1-4H2. The molecule has 0 amide bonds. The van der Waals surface area contributed by atoms with E-state index in [1.165, 1.54) is 11.8 Å². The fraction of sp³-hybridized carbons (Fsp3) is 0.500. The van der Waals surface area contributed by atoms with Crippen LogP contribution in [-0.2, 0) is 0 Å². The molecule has 17 heavy (non-hydrogen) atoms. The average Bonchev–Trinajstić information content (AvgIpc) is 2.34. The molecule has 0 aliphatic heterocycles. The van der Waals surface area contributed by atoms with Crippen molar-refractivity contribution in [1.82, 2.24) is 0 Å². The number of hydrogen-bond donors (Lipinski definition) is 0. The molecule has 0 aromatic heterocycles. The van der Waals surface area contributed by atoms with Crippen molar-refractivity contribution in [3.63, 3.8) is 0 Å². The van der Waals surface area contributed by atoms with Crippen molar-refractivity contribution in [3.05, 3.63) is 29.8 Å². The summed E-state index contributed by atoms with van der Waals surface area (Å²) in [6.07, 6.45) is 11.5. The molecule has 2 aliphatic rings. The summed E-state index contributed by atoms with van der Waals surface area (Å²) in [6, 6.07) is 7.90. The predicted molar refractivity (Wildman–Crippen MR) is 74.2 cm³/mol. The van der Waals surface area contributed by atoms with Crippen LogP contribution >= 0.6 is 0 Å². The summed E-state index contributed by atoms with van der Waals surface area (Å²) < 4.78 is 0. The van der Waals surface area contributed by atoms with Crippen molar-refractivity contribution in [2.75, 3.05) is 19.0 Å². The molecule has 90 valence electrons. The second-order valence-electron chi connectivity index (χ2n) is 5.26. The molecule has 0 spiro atoms. The molecule has 2 saturated carbocycles. The largest absolute Gasteiger partial charge is 0.378 e. The molecular formula is C16H21N. The minimum atomic E-state index is 0.927. The summed E-state index contributed by atoms with van der Waals surface area (Å²) in [4.78, 5) is 2.03. The van der Waals surface area contributed by atoms with Crippen molar-refractivity contribution in [1.29, 1.82) is 0 Å². The predicted octanol–water partition coefficient (Wildman–Crippen LogP) is 3.54. The summed E-state index contributed by atoms with van der Waals surface area (Å²) >= 11 is 0. The highest BCUT2D eigenvalue weighted by molar-refractivity contribution is 5.50. The van der Waals surface area contributed by atoms with Crippen molar-refractivity contribution in [3.8, 4) is 12.3 Å². The molecule has 0 unspecified atom stereocenters. The van der Waals surface area contributed by atoms with Gasteiger partial charge in [0.1, 0.15) is 0 Å². The molecule has 1 heteroatoms. The van der Waals surface area contributed by atoms with E-state index < -0.39 is 0 Å². The first-order valence-corrected chi connectivity index (χ1v) is 6.44. The number of benzene rings is 1. The molecule has 0 radical (unpaired) electrons. The Kier molecular flexibility index (Phi) is 3.74. The fourth-order valence-electron chi connectivity index (χ4n) is 2.44. The maximum absolute atomic E-state index is 5.25. The number of terminal acetylenes is 1. The van der Waals surface area contributed by atoms with E-state index in [-0.39, 0.29) is 0 Å². The molecule has 0 N–H and O–H groups in total. The third-order valence-electron chi connectivity index (χ3n) is 4.01. The van der Waals surface area contributed by atoms with Gasteiger partial charge < -0.3 is 4.90 Å². The van der Waals surface area contributed by atoms with Crippen LogP contribution in [-0.4, -0.2) is 14.1 Å². The van der Waals surface area contributed by atoms with Crippen molar-refractivity contribution in [2.24, 2.45) is 11.8 Å². The molecule has 0 atom stereocenters. The molecular weight excluding hydrogens is 206 g/mol. The minimum absolute atomic E-state index is 0.927. The highest BCUT2D eigenvalue weighted by Gasteiger charge is 2.37. The van der Waals surface area contributed by atoms with Crippen LogP contribution in [0.15, 0.2) is 24.3 Å². The van der Waals surface area contributed by atoms with E-state index in [2.05, 4.69) is 5.92 Å². The van der Waals surface area contributed by atoms with Crippen LogP contribution in [0, 0.1) is 24.2 Å².